The Morgan fingerprint density at radius 2 is 1.98 bits per heavy atom. The summed E-state index contributed by atoms with van der Waals surface area (Å²) in [7, 11) is 2.82. The molecule has 13 heteroatoms. The summed E-state index contributed by atoms with van der Waals surface area (Å²) in [5.41, 5.74) is 4.64. The van der Waals surface area contributed by atoms with Crippen molar-refractivity contribution >= 4 is 5.91 Å². The van der Waals surface area contributed by atoms with E-state index < -0.39 is 24.0 Å². The lowest BCUT2D eigenvalue weighted by Crippen LogP contribution is -2.32. The number of benzene rings is 2. The minimum absolute atomic E-state index is 0.00610. The van der Waals surface area contributed by atoms with Crippen molar-refractivity contribution in [3.8, 4) is 11.4 Å². The molecule has 1 aliphatic carbocycles. The standard InChI is InChI=1S/C30H32F3N7O3/c1-42-16-24-23(15-39(36-24)13-18-3-4-20-14-38(21-5-6-21)10-9-19(20)11-18)30(41)34-12-22-25(7-8-26(43-2)27(22)31)40-17-35-29(37-40)28(32)33/h3-4,7-8,11,15,17,21,28H,5-6,9-10,12-14,16H2,1-2H3,(H,34,41). The summed E-state index contributed by atoms with van der Waals surface area (Å²) in [4.78, 5) is 19.5. The van der Waals surface area contributed by atoms with Crippen LogP contribution < -0.4 is 10.1 Å². The number of carbonyl (C=O) groups is 1. The normalized spacial score (nSPS) is 15.1. The van der Waals surface area contributed by atoms with Crippen LogP contribution in [0, 0.1) is 5.82 Å². The summed E-state index contributed by atoms with van der Waals surface area (Å²) in [5, 5.41) is 11.1. The van der Waals surface area contributed by atoms with Crippen molar-refractivity contribution in [2.24, 2.45) is 0 Å². The predicted octanol–water partition coefficient (Wildman–Crippen LogP) is 4.19. The Balaban J connectivity index is 1.20. The van der Waals surface area contributed by atoms with Gasteiger partial charge in [-0.3, -0.25) is 14.4 Å². The minimum Gasteiger partial charge on any atom is -0.494 e. The van der Waals surface area contributed by atoms with Gasteiger partial charge in [-0.25, -0.2) is 22.8 Å². The lowest BCUT2D eigenvalue weighted by Gasteiger charge is -2.29. The van der Waals surface area contributed by atoms with Crippen LogP contribution in [0.15, 0.2) is 42.9 Å². The van der Waals surface area contributed by atoms with E-state index in [0.717, 1.165) is 42.1 Å². The summed E-state index contributed by atoms with van der Waals surface area (Å²) in [6, 6.07) is 10.1. The molecule has 0 radical (unpaired) electrons. The van der Waals surface area contributed by atoms with Crippen molar-refractivity contribution in [1.29, 1.82) is 0 Å². The van der Waals surface area contributed by atoms with E-state index >= 15 is 4.39 Å². The van der Waals surface area contributed by atoms with Crippen LogP contribution in [0.1, 0.15) is 63.4 Å². The molecule has 4 aromatic rings. The summed E-state index contributed by atoms with van der Waals surface area (Å²) < 4.78 is 54.6. The summed E-state index contributed by atoms with van der Waals surface area (Å²) in [6.07, 6.45) is 3.44. The number of aromatic nitrogens is 5. The van der Waals surface area contributed by atoms with E-state index in [9.17, 15) is 13.6 Å². The second kappa shape index (κ2) is 12.2. The van der Waals surface area contributed by atoms with Crippen LogP contribution in [0.3, 0.4) is 0 Å². The zero-order valence-corrected chi connectivity index (χ0v) is 23.9. The number of methoxy groups -OCH3 is 2. The molecule has 1 N–H and O–H groups in total. The van der Waals surface area contributed by atoms with Crippen LogP contribution in [0.5, 0.6) is 5.75 Å². The highest BCUT2D eigenvalue weighted by Gasteiger charge is 2.31. The van der Waals surface area contributed by atoms with Crippen molar-refractivity contribution in [3.05, 3.63) is 88.0 Å². The Bertz CT molecular complexity index is 1630. The second-order valence-corrected chi connectivity index (χ2v) is 10.8. The van der Waals surface area contributed by atoms with Crippen LogP contribution in [0.25, 0.3) is 5.69 Å². The number of nitrogens with zero attached hydrogens (tertiary/aromatic N) is 6. The number of ether oxygens (including phenoxy) is 2. The number of hydrogen-bond donors (Lipinski definition) is 1. The van der Waals surface area contributed by atoms with Gasteiger partial charge in [-0.15, -0.1) is 5.10 Å². The maximum atomic E-state index is 15.3. The first-order chi connectivity index (χ1) is 20.8. The van der Waals surface area contributed by atoms with E-state index in [1.807, 2.05) is 0 Å². The number of carbonyl (C=O) groups excluding carboxylic acids is 1. The smallest absolute Gasteiger partial charge is 0.299 e. The van der Waals surface area contributed by atoms with E-state index in [1.54, 1.807) is 10.9 Å². The van der Waals surface area contributed by atoms with Gasteiger partial charge in [0.05, 0.1) is 31.5 Å². The van der Waals surface area contributed by atoms with Gasteiger partial charge in [-0.1, -0.05) is 18.2 Å². The molecule has 2 aromatic carbocycles. The van der Waals surface area contributed by atoms with E-state index in [1.165, 1.54) is 50.3 Å². The largest absolute Gasteiger partial charge is 0.494 e. The third-order valence-corrected chi connectivity index (χ3v) is 7.86. The molecule has 0 unspecified atom stereocenters. The van der Waals surface area contributed by atoms with Gasteiger partial charge in [-0.2, -0.15) is 5.10 Å². The van der Waals surface area contributed by atoms with Gasteiger partial charge in [0.15, 0.2) is 11.6 Å². The fourth-order valence-electron chi connectivity index (χ4n) is 5.53. The molecule has 2 aromatic heterocycles. The van der Waals surface area contributed by atoms with Gasteiger partial charge in [-0.05, 0) is 48.1 Å². The first kappa shape index (κ1) is 28.9. The highest BCUT2D eigenvalue weighted by molar-refractivity contribution is 5.95. The first-order valence-corrected chi connectivity index (χ1v) is 14.1. The zero-order valence-electron chi connectivity index (χ0n) is 23.9. The Morgan fingerprint density at radius 1 is 1.14 bits per heavy atom. The number of amides is 1. The van der Waals surface area contributed by atoms with Crippen LogP contribution in [0.2, 0.25) is 0 Å². The van der Waals surface area contributed by atoms with Crippen molar-refractivity contribution in [2.75, 3.05) is 20.8 Å². The topological polar surface area (TPSA) is 99.3 Å². The van der Waals surface area contributed by atoms with Crippen LogP contribution >= 0.6 is 0 Å². The fraction of sp³-hybridized carbons (Fsp3) is 0.400. The Labute approximate surface area is 246 Å². The zero-order chi connectivity index (χ0) is 30.1. The van der Waals surface area contributed by atoms with Crippen molar-refractivity contribution in [2.45, 2.75) is 58.0 Å². The molecule has 3 heterocycles. The maximum Gasteiger partial charge on any atom is 0.299 e. The van der Waals surface area contributed by atoms with Crippen LogP contribution in [0.4, 0.5) is 13.2 Å². The second-order valence-electron chi connectivity index (χ2n) is 10.8. The highest BCUT2D eigenvalue weighted by atomic mass is 19.3. The maximum absolute atomic E-state index is 15.3. The molecule has 1 saturated carbocycles. The van der Waals surface area contributed by atoms with Gasteiger partial charge < -0.3 is 14.8 Å². The number of halogens is 3. The third kappa shape index (κ3) is 6.13. The molecular weight excluding hydrogens is 563 g/mol. The molecule has 0 spiro atoms. The van der Waals surface area contributed by atoms with Crippen molar-refractivity contribution < 1.29 is 27.4 Å². The monoisotopic (exact) mass is 595 g/mol. The SMILES string of the molecule is COCc1nn(Cc2ccc3c(c2)CCN(C2CC2)C3)cc1C(=O)NCc1c(-n2cnc(C(F)F)n2)ccc(OC)c1F. The van der Waals surface area contributed by atoms with Gasteiger partial charge in [0.1, 0.15) is 12.0 Å². The molecule has 1 aliphatic heterocycles. The van der Waals surface area contributed by atoms with E-state index in [4.69, 9.17) is 9.47 Å². The van der Waals surface area contributed by atoms with E-state index in [-0.39, 0.29) is 35.7 Å². The molecule has 1 fully saturated rings. The molecule has 0 atom stereocenters. The Morgan fingerprint density at radius 3 is 2.70 bits per heavy atom. The molecule has 0 bridgehead atoms. The number of rotatable bonds is 11. The molecular formula is C30H32F3N7O3. The van der Waals surface area contributed by atoms with Gasteiger partial charge in [0, 0.05) is 44.5 Å². The van der Waals surface area contributed by atoms with Crippen LogP contribution in [-0.2, 0) is 37.4 Å². The highest BCUT2D eigenvalue weighted by Crippen LogP contribution is 2.32. The Kier molecular flexibility index (Phi) is 8.17. The number of hydrogen-bond acceptors (Lipinski definition) is 7. The minimum atomic E-state index is -2.89. The van der Waals surface area contributed by atoms with Gasteiger partial charge in [0.2, 0.25) is 5.82 Å². The van der Waals surface area contributed by atoms with E-state index in [2.05, 4.69) is 43.6 Å². The molecule has 226 valence electrons. The number of alkyl halides is 2. The average Bonchev–Trinajstić information content (AvgIpc) is 3.60. The van der Waals surface area contributed by atoms with Crippen LogP contribution in [-0.4, -0.2) is 62.2 Å². The summed E-state index contributed by atoms with van der Waals surface area (Å²) >= 11 is 0. The van der Waals surface area contributed by atoms with Gasteiger partial charge in [0.25, 0.3) is 12.3 Å². The fourth-order valence-corrected chi connectivity index (χ4v) is 5.53. The molecule has 10 nitrogen and oxygen atoms in total. The summed E-state index contributed by atoms with van der Waals surface area (Å²) in [6.45, 7) is 2.36. The molecule has 43 heavy (non-hydrogen) atoms. The van der Waals surface area contributed by atoms with Gasteiger partial charge >= 0.3 is 0 Å². The number of nitrogens with one attached hydrogen (secondary N) is 1. The predicted molar refractivity (Wildman–Crippen MR) is 150 cm³/mol. The van der Waals surface area contributed by atoms with Crippen molar-refractivity contribution in [3.63, 3.8) is 0 Å². The summed E-state index contributed by atoms with van der Waals surface area (Å²) in [5.74, 6) is -2.01. The van der Waals surface area contributed by atoms with E-state index in [0.29, 0.717) is 12.2 Å². The molecule has 1 amide bonds. The lowest BCUT2D eigenvalue weighted by molar-refractivity contribution is 0.0945. The number of fused-ring (bicyclic) bond motifs is 1. The third-order valence-electron chi connectivity index (χ3n) is 7.86. The molecule has 0 saturated heterocycles. The van der Waals surface area contributed by atoms with Crippen molar-refractivity contribution in [1.82, 2.24) is 34.8 Å². The molecule has 2 aliphatic rings. The Hall–Kier alpha value is -4.23. The average molecular weight is 596 g/mol. The lowest BCUT2D eigenvalue weighted by atomic mass is 9.97. The molecule has 6 rings (SSSR count). The quantitative estimate of drug-likeness (QED) is 0.278. The first-order valence-electron chi connectivity index (χ1n) is 14.1.